The maximum atomic E-state index is 12.6. The van der Waals surface area contributed by atoms with Gasteiger partial charge in [-0.3, -0.25) is 9.78 Å². The van der Waals surface area contributed by atoms with Crippen molar-refractivity contribution in [1.82, 2.24) is 9.88 Å². The molecule has 0 spiro atoms. The van der Waals surface area contributed by atoms with Gasteiger partial charge in [0.15, 0.2) is 0 Å². The van der Waals surface area contributed by atoms with Gasteiger partial charge in [0.25, 0.3) is 5.91 Å². The summed E-state index contributed by atoms with van der Waals surface area (Å²) < 4.78 is 28.9. The smallest absolute Gasteiger partial charge is 0.410 e. The molecule has 0 saturated carbocycles. The Hall–Kier alpha value is -4.93. The summed E-state index contributed by atoms with van der Waals surface area (Å²) in [5.41, 5.74) is 5.12. The summed E-state index contributed by atoms with van der Waals surface area (Å²) in [5.74, 6) is 0.684. The van der Waals surface area contributed by atoms with E-state index in [1.54, 1.807) is 23.2 Å². The fraction of sp³-hybridized carbons (Fsp3) is 0.306. The summed E-state index contributed by atoms with van der Waals surface area (Å²) in [6.07, 6.45) is 3.23. The number of ether oxygens (including phenoxy) is 5. The number of aromatic nitrogens is 1. The van der Waals surface area contributed by atoms with Crippen LogP contribution in [0.3, 0.4) is 0 Å². The van der Waals surface area contributed by atoms with E-state index in [1.807, 2.05) is 80.6 Å². The second-order valence-electron chi connectivity index (χ2n) is 11.7. The molecule has 0 aliphatic carbocycles. The molecule has 10 nitrogen and oxygen atoms in total. The van der Waals surface area contributed by atoms with Crippen LogP contribution in [0.4, 0.5) is 10.5 Å². The van der Waals surface area contributed by atoms with Gasteiger partial charge in [0.05, 0.1) is 31.9 Å². The Bertz CT molecular complexity index is 1660. The van der Waals surface area contributed by atoms with Gasteiger partial charge < -0.3 is 33.9 Å². The maximum Gasteiger partial charge on any atom is 0.410 e. The van der Waals surface area contributed by atoms with Crippen molar-refractivity contribution in [2.24, 2.45) is 0 Å². The summed E-state index contributed by atoms with van der Waals surface area (Å²) in [6, 6.07) is 24.7. The van der Waals surface area contributed by atoms with Crippen LogP contribution in [0.5, 0.6) is 11.5 Å². The molecular formula is C36H37N3O7. The SMILES string of the molecule is CC1(C)OCc2cc([C@@H]3CN(CCc4ccc(OCCOCc5cccc(NC(=O)c6cccnc6)c5)cc4)C(=O)O3)ccc2O1. The molecular weight excluding hydrogens is 586 g/mol. The van der Waals surface area contributed by atoms with Crippen molar-refractivity contribution in [2.75, 3.05) is 31.6 Å². The Morgan fingerprint density at radius 1 is 1.02 bits per heavy atom. The first-order valence-electron chi connectivity index (χ1n) is 15.3. The second kappa shape index (κ2) is 14.0. The molecule has 0 unspecified atom stereocenters. The third-order valence-electron chi connectivity index (χ3n) is 7.74. The van der Waals surface area contributed by atoms with Crippen LogP contribution in [0, 0.1) is 0 Å². The fourth-order valence-electron chi connectivity index (χ4n) is 5.29. The molecule has 46 heavy (non-hydrogen) atoms. The minimum atomic E-state index is -0.650. The molecule has 0 radical (unpaired) electrons. The monoisotopic (exact) mass is 623 g/mol. The topological polar surface area (TPSA) is 108 Å². The molecule has 1 atom stereocenters. The predicted molar refractivity (Wildman–Crippen MR) is 171 cm³/mol. The lowest BCUT2D eigenvalue weighted by Gasteiger charge is -2.32. The van der Waals surface area contributed by atoms with Crippen LogP contribution in [-0.2, 0) is 33.8 Å². The van der Waals surface area contributed by atoms with Crippen molar-refractivity contribution < 1.29 is 33.3 Å². The van der Waals surface area contributed by atoms with E-state index in [0.29, 0.717) is 57.2 Å². The van der Waals surface area contributed by atoms with E-state index in [2.05, 4.69) is 10.3 Å². The van der Waals surface area contributed by atoms with Crippen molar-refractivity contribution in [3.05, 3.63) is 119 Å². The summed E-state index contributed by atoms with van der Waals surface area (Å²) in [6.45, 7) is 6.49. The van der Waals surface area contributed by atoms with Crippen LogP contribution in [0.1, 0.15) is 52.6 Å². The first-order chi connectivity index (χ1) is 22.3. The van der Waals surface area contributed by atoms with Gasteiger partial charge in [-0.1, -0.05) is 30.3 Å². The molecule has 6 rings (SSSR count). The molecule has 1 saturated heterocycles. The number of hydrogen-bond acceptors (Lipinski definition) is 8. The number of hydrogen-bond donors (Lipinski definition) is 1. The molecule has 1 fully saturated rings. The molecule has 2 amide bonds. The van der Waals surface area contributed by atoms with Gasteiger partial charge >= 0.3 is 6.09 Å². The van der Waals surface area contributed by atoms with Crippen LogP contribution in [-0.4, -0.2) is 54.0 Å². The number of carbonyl (C=O) groups excluding carboxylic acids is 2. The zero-order chi connectivity index (χ0) is 31.9. The fourth-order valence-corrected chi connectivity index (χ4v) is 5.29. The largest absolute Gasteiger partial charge is 0.491 e. The average Bonchev–Trinajstić information content (AvgIpc) is 3.44. The van der Waals surface area contributed by atoms with E-state index in [4.69, 9.17) is 23.7 Å². The van der Waals surface area contributed by atoms with Crippen molar-refractivity contribution >= 4 is 17.7 Å². The molecule has 3 heterocycles. The third kappa shape index (κ3) is 8.01. The minimum Gasteiger partial charge on any atom is -0.491 e. The van der Waals surface area contributed by atoms with Crippen molar-refractivity contribution in [1.29, 1.82) is 0 Å². The Balaban J connectivity index is 0.900. The summed E-state index contributed by atoms with van der Waals surface area (Å²) in [5, 5.41) is 2.88. The zero-order valence-electron chi connectivity index (χ0n) is 25.9. The summed E-state index contributed by atoms with van der Waals surface area (Å²) >= 11 is 0. The summed E-state index contributed by atoms with van der Waals surface area (Å²) in [7, 11) is 0. The Morgan fingerprint density at radius 3 is 2.72 bits per heavy atom. The number of carbonyl (C=O) groups is 2. The number of nitrogens with zero attached hydrogens (tertiary/aromatic N) is 2. The van der Waals surface area contributed by atoms with E-state index in [0.717, 1.165) is 33.8 Å². The van der Waals surface area contributed by atoms with Crippen molar-refractivity contribution in [3.63, 3.8) is 0 Å². The molecule has 2 aliphatic heterocycles. The highest BCUT2D eigenvalue weighted by Crippen LogP contribution is 2.35. The molecule has 1 aromatic heterocycles. The van der Waals surface area contributed by atoms with E-state index < -0.39 is 5.79 Å². The van der Waals surface area contributed by atoms with Gasteiger partial charge in [-0.2, -0.15) is 0 Å². The van der Waals surface area contributed by atoms with Crippen LogP contribution in [0.2, 0.25) is 0 Å². The third-order valence-corrected chi connectivity index (χ3v) is 7.74. The number of pyridine rings is 1. The number of anilines is 1. The average molecular weight is 624 g/mol. The first kappa shape index (κ1) is 31.1. The standard InChI is InChI=1S/C36H37N3O7/c1-36(2)44-24-29-20-27(10-13-32(29)46-36)33-22-39(35(41)45-33)16-14-25-8-11-31(12-9-25)43-18-17-42-23-26-5-3-7-30(19-26)38-34(40)28-6-4-15-37-21-28/h3-13,15,19-21,33H,14,16-18,22-24H2,1-2H3,(H,38,40)/t33-/m0/s1. The van der Waals surface area contributed by atoms with Gasteiger partial charge in [-0.25, -0.2) is 4.79 Å². The van der Waals surface area contributed by atoms with E-state index >= 15 is 0 Å². The summed E-state index contributed by atoms with van der Waals surface area (Å²) in [4.78, 5) is 30.7. The lowest BCUT2D eigenvalue weighted by molar-refractivity contribution is -0.180. The second-order valence-corrected chi connectivity index (χ2v) is 11.7. The van der Waals surface area contributed by atoms with Crippen LogP contribution < -0.4 is 14.8 Å². The first-order valence-corrected chi connectivity index (χ1v) is 15.3. The normalized spacial score (nSPS) is 16.7. The number of nitrogens with one attached hydrogen (secondary N) is 1. The molecule has 1 N–H and O–H groups in total. The van der Waals surface area contributed by atoms with Gasteiger partial charge in [0, 0.05) is 44.0 Å². The molecule has 4 aromatic rings. The lowest BCUT2D eigenvalue weighted by Crippen LogP contribution is -2.35. The quantitative estimate of drug-likeness (QED) is 0.183. The number of amides is 2. The van der Waals surface area contributed by atoms with Crippen LogP contribution in [0.15, 0.2) is 91.3 Å². The van der Waals surface area contributed by atoms with Gasteiger partial charge in [0.1, 0.15) is 24.2 Å². The highest BCUT2D eigenvalue weighted by Gasteiger charge is 2.33. The molecule has 10 heteroatoms. The van der Waals surface area contributed by atoms with E-state index in [1.165, 1.54) is 6.20 Å². The Labute approximate surface area is 268 Å². The predicted octanol–water partition coefficient (Wildman–Crippen LogP) is 6.31. The molecule has 2 aliphatic rings. The number of benzene rings is 3. The highest BCUT2D eigenvalue weighted by molar-refractivity contribution is 6.04. The van der Waals surface area contributed by atoms with Gasteiger partial charge in [-0.05, 0) is 71.6 Å². The van der Waals surface area contributed by atoms with Gasteiger partial charge in [0.2, 0.25) is 5.79 Å². The molecule has 0 bridgehead atoms. The van der Waals surface area contributed by atoms with Crippen molar-refractivity contribution in [2.45, 2.75) is 45.4 Å². The van der Waals surface area contributed by atoms with E-state index in [-0.39, 0.29) is 18.1 Å². The van der Waals surface area contributed by atoms with Crippen LogP contribution >= 0.6 is 0 Å². The lowest BCUT2D eigenvalue weighted by atomic mass is 10.0. The van der Waals surface area contributed by atoms with Gasteiger partial charge in [-0.15, -0.1) is 0 Å². The van der Waals surface area contributed by atoms with Crippen LogP contribution in [0.25, 0.3) is 0 Å². The van der Waals surface area contributed by atoms with E-state index in [9.17, 15) is 9.59 Å². The maximum absolute atomic E-state index is 12.6. The number of fused-ring (bicyclic) bond motifs is 1. The van der Waals surface area contributed by atoms with Crippen molar-refractivity contribution in [3.8, 4) is 11.5 Å². The molecule has 238 valence electrons. The Kier molecular flexibility index (Phi) is 9.46. The zero-order valence-corrected chi connectivity index (χ0v) is 25.9. The number of rotatable bonds is 12. The number of cyclic esters (lactones) is 1. The minimum absolute atomic E-state index is 0.213. The Morgan fingerprint density at radius 2 is 1.89 bits per heavy atom. The molecule has 3 aromatic carbocycles. The highest BCUT2D eigenvalue weighted by atomic mass is 16.7.